The van der Waals surface area contributed by atoms with Crippen LogP contribution in [-0.2, 0) is 32.0 Å². The zero-order valence-corrected chi connectivity index (χ0v) is 28.1. The van der Waals surface area contributed by atoms with Gasteiger partial charge in [0.15, 0.2) is 0 Å². The van der Waals surface area contributed by atoms with E-state index in [0.29, 0.717) is 59.5 Å². The molecule has 2 atom stereocenters. The molecule has 0 unspecified atom stereocenters. The van der Waals surface area contributed by atoms with Crippen LogP contribution in [0.3, 0.4) is 0 Å². The van der Waals surface area contributed by atoms with E-state index in [1.165, 1.54) is 6.20 Å². The summed E-state index contributed by atoms with van der Waals surface area (Å²) in [6, 6.07) is 25.1. The molecule has 2 aromatic heterocycles. The van der Waals surface area contributed by atoms with Crippen molar-refractivity contribution in [1.82, 2.24) is 24.2 Å². The fraction of sp³-hybridized carbons (Fsp3) is 0.263. The van der Waals surface area contributed by atoms with Crippen molar-refractivity contribution in [2.45, 2.75) is 50.6 Å². The summed E-state index contributed by atoms with van der Waals surface area (Å²) in [6.45, 7) is 1.09. The zero-order chi connectivity index (χ0) is 34.6. The maximum Gasteiger partial charge on any atom is 0.247 e. The van der Waals surface area contributed by atoms with Gasteiger partial charge in [-0.3, -0.25) is 23.6 Å². The van der Waals surface area contributed by atoms with Gasteiger partial charge >= 0.3 is 0 Å². The number of likely N-dealkylation sites (tertiary alicyclic amines) is 2. The number of fused-ring (bicyclic) bond motifs is 1. The number of imidazole rings is 1. The van der Waals surface area contributed by atoms with Crippen molar-refractivity contribution in [1.29, 1.82) is 0 Å². The van der Waals surface area contributed by atoms with E-state index in [1.54, 1.807) is 44.7 Å². The van der Waals surface area contributed by atoms with E-state index in [-0.39, 0.29) is 36.5 Å². The van der Waals surface area contributed by atoms with Gasteiger partial charge in [-0.05, 0) is 48.9 Å². The number of nitrogens with zero attached hydrogens (tertiary/aromatic N) is 5. The van der Waals surface area contributed by atoms with Crippen molar-refractivity contribution >= 4 is 52.4 Å². The minimum Gasteiger partial charge on any atom is -0.330 e. The lowest BCUT2D eigenvalue weighted by Crippen LogP contribution is -2.43. The second-order valence-electron chi connectivity index (χ2n) is 12.6. The van der Waals surface area contributed by atoms with Crippen LogP contribution in [0, 0.1) is 0 Å². The van der Waals surface area contributed by atoms with Gasteiger partial charge in [-0.2, -0.15) is 0 Å². The van der Waals surface area contributed by atoms with Gasteiger partial charge in [-0.25, -0.2) is 9.97 Å². The minimum atomic E-state index is -0.568. The molecule has 2 saturated heterocycles. The summed E-state index contributed by atoms with van der Waals surface area (Å²) >= 11 is 6.77. The van der Waals surface area contributed by atoms with Crippen LogP contribution < -0.4 is 10.6 Å². The first-order valence-corrected chi connectivity index (χ1v) is 17.1. The number of hydrogen-bond acceptors (Lipinski definition) is 6. The normalized spacial score (nSPS) is 17.2. The highest BCUT2D eigenvalue weighted by molar-refractivity contribution is 6.32. The molecule has 0 saturated carbocycles. The smallest absolute Gasteiger partial charge is 0.247 e. The maximum atomic E-state index is 13.3. The molecule has 2 aliphatic heterocycles. The quantitative estimate of drug-likeness (QED) is 0.214. The largest absolute Gasteiger partial charge is 0.330 e. The molecule has 0 bridgehead atoms. The molecule has 2 N–H and O–H groups in total. The Morgan fingerprint density at radius 3 is 1.76 bits per heavy atom. The summed E-state index contributed by atoms with van der Waals surface area (Å²) in [7, 11) is 0. The van der Waals surface area contributed by atoms with Gasteiger partial charge in [-0.15, -0.1) is 0 Å². The van der Waals surface area contributed by atoms with Crippen LogP contribution in [0.1, 0.15) is 36.8 Å². The van der Waals surface area contributed by atoms with Crippen molar-refractivity contribution in [3.63, 3.8) is 0 Å². The molecular formula is C38H36ClN7O4. The monoisotopic (exact) mass is 689 g/mol. The molecule has 0 spiro atoms. The van der Waals surface area contributed by atoms with Crippen LogP contribution in [0.25, 0.3) is 17.0 Å². The van der Waals surface area contributed by atoms with Crippen molar-refractivity contribution in [2.75, 3.05) is 23.7 Å². The number of carbonyl (C=O) groups excluding carboxylic acids is 4. The summed E-state index contributed by atoms with van der Waals surface area (Å²) in [4.78, 5) is 64.9. The van der Waals surface area contributed by atoms with Gasteiger partial charge in [0, 0.05) is 30.5 Å². The molecular weight excluding hydrogens is 654 g/mol. The summed E-state index contributed by atoms with van der Waals surface area (Å²) in [5, 5.41) is 6.16. The lowest BCUT2D eigenvalue weighted by atomic mass is 10.1. The topological polar surface area (TPSA) is 129 Å². The first-order chi connectivity index (χ1) is 24.3. The van der Waals surface area contributed by atoms with Gasteiger partial charge < -0.3 is 20.4 Å². The third kappa shape index (κ3) is 7.09. The third-order valence-corrected chi connectivity index (χ3v) is 9.62. The number of carbonyl (C=O) groups is 4. The third-order valence-electron chi connectivity index (χ3n) is 9.26. The molecule has 50 heavy (non-hydrogen) atoms. The highest BCUT2D eigenvalue weighted by atomic mass is 35.5. The van der Waals surface area contributed by atoms with E-state index < -0.39 is 12.1 Å². The molecule has 4 heterocycles. The average molecular weight is 690 g/mol. The van der Waals surface area contributed by atoms with Gasteiger partial charge in [0.25, 0.3) is 0 Å². The van der Waals surface area contributed by atoms with E-state index in [1.807, 2.05) is 60.7 Å². The van der Waals surface area contributed by atoms with Crippen LogP contribution in [0.2, 0.25) is 5.15 Å². The second-order valence-corrected chi connectivity index (χ2v) is 13.0. The lowest BCUT2D eigenvalue weighted by Gasteiger charge is -2.24. The van der Waals surface area contributed by atoms with Crippen LogP contribution in [0.15, 0.2) is 97.3 Å². The Hall–Kier alpha value is -5.55. The molecule has 11 nitrogen and oxygen atoms in total. The molecule has 3 aromatic carbocycles. The van der Waals surface area contributed by atoms with Crippen LogP contribution in [0.4, 0.5) is 11.4 Å². The highest BCUT2D eigenvalue weighted by Gasteiger charge is 2.35. The number of benzene rings is 3. The minimum absolute atomic E-state index is 0.0588. The van der Waals surface area contributed by atoms with Crippen LogP contribution in [-0.4, -0.2) is 73.0 Å². The van der Waals surface area contributed by atoms with Crippen molar-refractivity contribution < 1.29 is 19.2 Å². The molecule has 0 aliphatic carbocycles. The highest BCUT2D eigenvalue weighted by Crippen LogP contribution is 2.30. The Labute approximate surface area is 294 Å². The van der Waals surface area contributed by atoms with Gasteiger partial charge in [0.1, 0.15) is 22.9 Å². The number of halogens is 1. The van der Waals surface area contributed by atoms with E-state index in [4.69, 9.17) is 11.6 Å². The molecule has 2 fully saturated rings. The second kappa shape index (κ2) is 14.5. The number of amides is 4. The summed E-state index contributed by atoms with van der Waals surface area (Å²) in [6.07, 6.45) is 6.40. The number of nitrogens with one attached hydrogen (secondary N) is 2. The van der Waals surface area contributed by atoms with Gasteiger partial charge in [0.2, 0.25) is 29.4 Å². The van der Waals surface area contributed by atoms with E-state index in [9.17, 15) is 19.2 Å². The van der Waals surface area contributed by atoms with Crippen molar-refractivity contribution in [2.24, 2.45) is 0 Å². The fourth-order valence-corrected chi connectivity index (χ4v) is 7.01. The van der Waals surface area contributed by atoms with Crippen molar-refractivity contribution in [3.05, 3.63) is 114 Å². The van der Waals surface area contributed by atoms with Gasteiger partial charge in [0.05, 0.1) is 24.7 Å². The molecule has 4 amide bonds. The Bertz CT molecular complexity index is 2040. The summed E-state index contributed by atoms with van der Waals surface area (Å²) < 4.78 is 1.59. The molecule has 5 aromatic rings. The van der Waals surface area contributed by atoms with Gasteiger partial charge in [-0.1, -0.05) is 84.4 Å². The first kappa shape index (κ1) is 33.0. The standard InChI is InChI=1S/C38H36ClN7O4/c39-35-34(27-15-17-28(18-16-27)41-36(49)30-13-7-19-44(30)32(47)21-25-9-3-1-4-10-25)43-38-40-23-29(24-46(35)38)42-37(50)31-14-8-20-45(31)33(48)22-26-11-5-2-6-12-26/h1-6,9-12,15-18,23-24,30-31H,7-8,13-14,19-22H2,(H,41,49)(H,42,50)/t30-,31-/m0/s1. The zero-order valence-electron chi connectivity index (χ0n) is 27.3. The number of aromatic nitrogens is 3. The molecule has 0 radical (unpaired) electrons. The van der Waals surface area contributed by atoms with Crippen LogP contribution in [0.5, 0.6) is 0 Å². The Balaban J connectivity index is 0.991. The number of rotatable bonds is 9. The lowest BCUT2D eigenvalue weighted by molar-refractivity contribution is -0.136. The first-order valence-electron chi connectivity index (χ1n) is 16.8. The Morgan fingerprint density at radius 2 is 1.22 bits per heavy atom. The van der Waals surface area contributed by atoms with E-state index in [0.717, 1.165) is 24.0 Å². The van der Waals surface area contributed by atoms with Crippen molar-refractivity contribution in [3.8, 4) is 11.3 Å². The average Bonchev–Trinajstić information content (AvgIpc) is 3.89. The Kier molecular flexibility index (Phi) is 9.57. The predicted octanol–water partition coefficient (Wildman–Crippen LogP) is 5.39. The number of anilines is 2. The van der Waals surface area contributed by atoms with E-state index >= 15 is 0 Å². The summed E-state index contributed by atoms with van der Waals surface area (Å²) in [5.41, 5.74) is 4.05. The predicted molar refractivity (Wildman–Crippen MR) is 190 cm³/mol. The maximum absolute atomic E-state index is 13.3. The molecule has 12 heteroatoms. The summed E-state index contributed by atoms with van der Waals surface area (Å²) in [5.74, 6) is -0.286. The fourth-order valence-electron chi connectivity index (χ4n) is 6.74. The molecule has 2 aliphatic rings. The number of hydrogen-bond donors (Lipinski definition) is 2. The van der Waals surface area contributed by atoms with E-state index in [2.05, 4.69) is 20.6 Å². The van der Waals surface area contributed by atoms with Crippen LogP contribution >= 0.6 is 11.6 Å². The SMILES string of the molecule is O=C(Nc1ccc(-c2nc3ncc(NC(=O)[C@@H]4CCCN4C(=O)Cc4ccccc4)cn3c2Cl)cc1)[C@@H]1CCCN1C(=O)Cc1ccccc1. The Morgan fingerprint density at radius 1 is 0.700 bits per heavy atom. The molecule has 254 valence electrons. The molecule has 7 rings (SSSR count).